The molecule has 144 valence electrons. The monoisotopic (exact) mass is 380 g/mol. The van der Waals surface area contributed by atoms with Gasteiger partial charge in [-0.05, 0) is 53.8 Å². The molecule has 3 rings (SSSR count). The molecule has 1 atom stereocenters. The second-order valence-electron chi connectivity index (χ2n) is 6.43. The average Bonchev–Trinajstić information content (AvgIpc) is 2.94. The van der Waals surface area contributed by atoms with E-state index in [2.05, 4.69) is 10.6 Å². The molecule has 0 saturated heterocycles. The Hall–Kier alpha value is -2.58. The van der Waals surface area contributed by atoms with Crippen LogP contribution in [0.2, 0.25) is 0 Å². The number of alkyl halides is 3. The van der Waals surface area contributed by atoms with Crippen LogP contribution in [0, 0.1) is 0 Å². The predicted octanol–water partition coefficient (Wildman–Crippen LogP) is 3.96. The Morgan fingerprint density at radius 3 is 2.41 bits per heavy atom. The van der Waals surface area contributed by atoms with Gasteiger partial charge in [0.1, 0.15) is 0 Å². The molecule has 2 amide bonds. The number of rotatable bonds is 4. The molecule has 0 radical (unpaired) electrons. The van der Waals surface area contributed by atoms with Gasteiger partial charge in [-0.3, -0.25) is 0 Å². The molecular weight excluding hydrogens is 361 g/mol. The van der Waals surface area contributed by atoms with Gasteiger partial charge in [0, 0.05) is 18.5 Å². The summed E-state index contributed by atoms with van der Waals surface area (Å²) in [6.07, 6.45) is -3.88. The first-order chi connectivity index (χ1) is 12.8. The first-order valence-corrected chi connectivity index (χ1v) is 8.33. The van der Waals surface area contributed by atoms with Crippen molar-refractivity contribution in [2.24, 2.45) is 0 Å². The molecule has 8 heteroatoms. The molecule has 1 unspecified atom stereocenters. The number of fused-ring (bicyclic) bond motifs is 1. The number of anilines is 2. The number of aliphatic hydroxyl groups excluding tert-OH is 1. The van der Waals surface area contributed by atoms with Gasteiger partial charge in [0.05, 0.1) is 18.3 Å². The minimum absolute atomic E-state index is 0.00635. The van der Waals surface area contributed by atoms with Crippen LogP contribution in [0.15, 0.2) is 36.4 Å². The third kappa shape index (κ3) is 4.58. The number of carbonyl (C=O) groups excluding carboxylic acids is 1. The van der Waals surface area contributed by atoms with Gasteiger partial charge in [-0.1, -0.05) is 12.1 Å². The maximum absolute atomic E-state index is 13.2. The predicted molar refractivity (Wildman–Crippen MR) is 94.7 cm³/mol. The number of urea groups is 1. The number of hydrogen-bond acceptors (Lipinski definition) is 3. The minimum Gasteiger partial charge on any atom is -0.392 e. The van der Waals surface area contributed by atoms with Crippen LogP contribution in [0.3, 0.4) is 0 Å². The third-order valence-corrected chi connectivity index (χ3v) is 4.35. The minimum atomic E-state index is -4.55. The molecule has 0 heterocycles. The van der Waals surface area contributed by atoms with Gasteiger partial charge in [-0.2, -0.15) is 13.2 Å². The van der Waals surface area contributed by atoms with Crippen LogP contribution >= 0.6 is 0 Å². The zero-order chi connectivity index (χ0) is 19.6. The van der Waals surface area contributed by atoms with Crippen LogP contribution in [-0.2, 0) is 30.4 Å². The number of benzene rings is 2. The fraction of sp³-hybridized carbons (Fsp3) is 0.316. The van der Waals surface area contributed by atoms with E-state index >= 15 is 0 Å². The molecule has 0 fully saturated rings. The number of halogens is 3. The van der Waals surface area contributed by atoms with Crippen LogP contribution < -0.4 is 10.6 Å². The molecule has 2 aromatic rings. The van der Waals surface area contributed by atoms with Crippen molar-refractivity contribution in [1.29, 1.82) is 0 Å². The van der Waals surface area contributed by atoms with E-state index in [-0.39, 0.29) is 17.9 Å². The summed E-state index contributed by atoms with van der Waals surface area (Å²) in [6.45, 7) is -0.178. The summed E-state index contributed by atoms with van der Waals surface area (Å²) in [5.41, 5.74) is 1.64. The smallest absolute Gasteiger partial charge is 0.392 e. The number of carbonyl (C=O) groups is 1. The van der Waals surface area contributed by atoms with Crippen molar-refractivity contribution in [2.75, 3.05) is 17.7 Å². The Kier molecular flexibility index (Phi) is 5.38. The SMILES string of the molecule is COCc1ccc(NC(=O)Nc2ccc3c(c2)CC(O)C3)cc1C(F)(F)F. The summed E-state index contributed by atoms with van der Waals surface area (Å²) >= 11 is 0. The van der Waals surface area contributed by atoms with E-state index in [0.717, 1.165) is 17.2 Å². The number of methoxy groups -OCH3 is 1. The van der Waals surface area contributed by atoms with Crippen LogP contribution in [0.5, 0.6) is 0 Å². The summed E-state index contributed by atoms with van der Waals surface area (Å²) < 4.78 is 44.4. The molecule has 0 saturated carbocycles. The molecule has 2 aromatic carbocycles. The second kappa shape index (κ2) is 7.58. The Bertz CT molecular complexity index is 853. The molecule has 3 N–H and O–H groups in total. The Balaban J connectivity index is 1.72. The fourth-order valence-corrected chi connectivity index (χ4v) is 3.17. The quantitative estimate of drug-likeness (QED) is 0.752. The molecule has 0 spiro atoms. The van der Waals surface area contributed by atoms with E-state index in [1.165, 1.54) is 19.2 Å². The lowest BCUT2D eigenvalue weighted by atomic mass is 10.1. The molecule has 5 nitrogen and oxygen atoms in total. The van der Waals surface area contributed by atoms with E-state index in [1.54, 1.807) is 12.1 Å². The zero-order valence-electron chi connectivity index (χ0n) is 14.6. The highest BCUT2D eigenvalue weighted by Crippen LogP contribution is 2.34. The lowest BCUT2D eigenvalue weighted by Gasteiger charge is -2.15. The molecule has 1 aliphatic rings. The summed E-state index contributed by atoms with van der Waals surface area (Å²) in [5.74, 6) is 0. The summed E-state index contributed by atoms with van der Waals surface area (Å²) in [6, 6.07) is 8.17. The number of amides is 2. The van der Waals surface area contributed by atoms with E-state index in [4.69, 9.17) is 4.74 Å². The maximum Gasteiger partial charge on any atom is 0.416 e. The fourth-order valence-electron chi connectivity index (χ4n) is 3.17. The normalized spacial score (nSPS) is 16.1. The summed E-state index contributed by atoms with van der Waals surface area (Å²) in [7, 11) is 1.31. The van der Waals surface area contributed by atoms with Gasteiger partial charge in [-0.25, -0.2) is 4.79 Å². The molecule has 0 bridgehead atoms. The van der Waals surface area contributed by atoms with Crippen molar-refractivity contribution >= 4 is 17.4 Å². The first kappa shape index (κ1) is 19.2. The van der Waals surface area contributed by atoms with E-state index in [9.17, 15) is 23.1 Å². The lowest BCUT2D eigenvalue weighted by Crippen LogP contribution is -2.20. The zero-order valence-corrected chi connectivity index (χ0v) is 14.6. The second-order valence-corrected chi connectivity index (χ2v) is 6.43. The summed E-state index contributed by atoms with van der Waals surface area (Å²) in [5, 5.41) is 14.7. The van der Waals surface area contributed by atoms with Gasteiger partial charge < -0.3 is 20.5 Å². The van der Waals surface area contributed by atoms with E-state index < -0.39 is 23.9 Å². The van der Waals surface area contributed by atoms with Gasteiger partial charge in [0.25, 0.3) is 0 Å². The van der Waals surface area contributed by atoms with Crippen molar-refractivity contribution < 1.29 is 27.8 Å². The molecule has 0 aromatic heterocycles. The van der Waals surface area contributed by atoms with Gasteiger partial charge in [0.15, 0.2) is 0 Å². The number of ether oxygens (including phenoxy) is 1. The Labute approximate surface area is 154 Å². The molecule has 27 heavy (non-hydrogen) atoms. The van der Waals surface area contributed by atoms with Crippen molar-refractivity contribution in [3.8, 4) is 0 Å². The summed E-state index contributed by atoms with van der Waals surface area (Å²) in [4.78, 5) is 12.1. The maximum atomic E-state index is 13.2. The van der Waals surface area contributed by atoms with Gasteiger partial charge in [-0.15, -0.1) is 0 Å². The molecular formula is C19H19F3N2O3. The Morgan fingerprint density at radius 2 is 1.74 bits per heavy atom. The highest BCUT2D eigenvalue weighted by Gasteiger charge is 2.33. The van der Waals surface area contributed by atoms with Crippen LogP contribution in [-0.4, -0.2) is 24.4 Å². The van der Waals surface area contributed by atoms with Crippen LogP contribution in [0.4, 0.5) is 29.3 Å². The Morgan fingerprint density at radius 1 is 1.11 bits per heavy atom. The molecule has 0 aliphatic heterocycles. The van der Waals surface area contributed by atoms with Crippen LogP contribution in [0.1, 0.15) is 22.3 Å². The highest BCUT2D eigenvalue weighted by molar-refractivity contribution is 5.99. The van der Waals surface area contributed by atoms with Crippen LogP contribution in [0.25, 0.3) is 0 Å². The topological polar surface area (TPSA) is 70.6 Å². The largest absolute Gasteiger partial charge is 0.416 e. The van der Waals surface area contributed by atoms with Crippen molar-refractivity contribution in [3.05, 3.63) is 58.7 Å². The van der Waals surface area contributed by atoms with Crippen molar-refractivity contribution in [2.45, 2.75) is 31.7 Å². The first-order valence-electron chi connectivity index (χ1n) is 8.33. The van der Waals surface area contributed by atoms with Gasteiger partial charge in [0.2, 0.25) is 0 Å². The third-order valence-electron chi connectivity index (χ3n) is 4.35. The average molecular weight is 380 g/mol. The number of nitrogens with one attached hydrogen (secondary N) is 2. The number of hydrogen-bond donors (Lipinski definition) is 3. The van der Waals surface area contributed by atoms with E-state index in [0.29, 0.717) is 18.5 Å². The standard InChI is InChI=1S/C19H19F3N2O3/c1-27-10-12-3-5-15(9-17(12)19(20,21)22)24-18(26)23-14-4-2-11-7-16(25)8-13(11)6-14/h2-6,9,16,25H,7-8,10H2,1H3,(H2,23,24,26). The highest BCUT2D eigenvalue weighted by atomic mass is 19.4. The number of aliphatic hydroxyl groups is 1. The lowest BCUT2D eigenvalue weighted by molar-refractivity contribution is -0.138. The van der Waals surface area contributed by atoms with Gasteiger partial charge >= 0.3 is 12.2 Å². The molecule has 1 aliphatic carbocycles. The van der Waals surface area contributed by atoms with E-state index in [1.807, 2.05) is 6.07 Å². The van der Waals surface area contributed by atoms with Crippen molar-refractivity contribution in [3.63, 3.8) is 0 Å². The van der Waals surface area contributed by atoms with Crippen molar-refractivity contribution in [1.82, 2.24) is 0 Å².